The lowest BCUT2D eigenvalue weighted by molar-refractivity contribution is 0.414. The van der Waals surface area contributed by atoms with Crippen LogP contribution in [0, 0.1) is 6.92 Å². The smallest absolute Gasteiger partial charge is 0.204 e. The van der Waals surface area contributed by atoms with Crippen LogP contribution >= 0.6 is 0 Å². The zero-order valence-corrected chi connectivity index (χ0v) is 12.6. The van der Waals surface area contributed by atoms with Crippen LogP contribution in [0.5, 0.6) is 5.75 Å². The fourth-order valence-electron chi connectivity index (χ4n) is 1.75. The van der Waals surface area contributed by atoms with Gasteiger partial charge in [-0.05, 0) is 13.3 Å². The Morgan fingerprint density at radius 3 is 2.43 bits per heavy atom. The molecule has 0 unspecified atom stereocenters. The molecule has 7 nitrogen and oxygen atoms in total. The van der Waals surface area contributed by atoms with Crippen molar-refractivity contribution >= 4 is 11.6 Å². The molecule has 2 aromatic rings. The monoisotopic (exact) mass is 288 g/mol. The van der Waals surface area contributed by atoms with Gasteiger partial charge in [0.1, 0.15) is 6.33 Å². The molecule has 0 aliphatic rings. The molecule has 21 heavy (non-hydrogen) atoms. The van der Waals surface area contributed by atoms with E-state index in [1.54, 1.807) is 19.5 Å². The lowest BCUT2D eigenvalue weighted by Crippen LogP contribution is -2.09. The van der Waals surface area contributed by atoms with E-state index >= 15 is 0 Å². The summed E-state index contributed by atoms with van der Waals surface area (Å²) in [4.78, 5) is 16.9. The quantitative estimate of drug-likeness (QED) is 0.806. The molecule has 0 radical (unpaired) electrons. The van der Waals surface area contributed by atoms with Crippen LogP contribution < -0.4 is 15.4 Å². The molecule has 0 saturated carbocycles. The number of rotatable bonds is 7. The lowest BCUT2D eigenvalue weighted by atomic mass is 10.4. The molecule has 0 amide bonds. The standard InChI is InChI=1S/C14H20N6O/c1-4-5-15-13-12(21-3)14(20-9-19-13)18-8-11-7-16-10(2)6-17-11/h6-7,9H,4-5,8H2,1-3H3,(H2,15,18,19,20). The number of methoxy groups -OCH3 is 1. The third kappa shape index (κ3) is 4.01. The van der Waals surface area contributed by atoms with E-state index in [1.165, 1.54) is 6.33 Å². The van der Waals surface area contributed by atoms with Crippen molar-refractivity contribution in [2.45, 2.75) is 26.8 Å². The van der Waals surface area contributed by atoms with Gasteiger partial charge in [0.15, 0.2) is 11.6 Å². The van der Waals surface area contributed by atoms with Crippen molar-refractivity contribution in [1.29, 1.82) is 0 Å². The van der Waals surface area contributed by atoms with Crippen LogP contribution in [-0.2, 0) is 6.54 Å². The normalized spacial score (nSPS) is 10.2. The predicted molar refractivity (Wildman–Crippen MR) is 81.5 cm³/mol. The van der Waals surface area contributed by atoms with E-state index in [1.807, 2.05) is 6.92 Å². The van der Waals surface area contributed by atoms with Gasteiger partial charge in [0.25, 0.3) is 0 Å². The maximum absolute atomic E-state index is 5.40. The van der Waals surface area contributed by atoms with Crippen LogP contribution in [0.4, 0.5) is 11.6 Å². The maximum Gasteiger partial charge on any atom is 0.204 e. The van der Waals surface area contributed by atoms with Gasteiger partial charge in [-0.15, -0.1) is 0 Å². The first kappa shape index (κ1) is 15.0. The number of hydrogen-bond donors (Lipinski definition) is 2. The summed E-state index contributed by atoms with van der Waals surface area (Å²) in [7, 11) is 1.60. The zero-order valence-electron chi connectivity index (χ0n) is 12.6. The van der Waals surface area contributed by atoms with Gasteiger partial charge in [0.05, 0.1) is 31.2 Å². The van der Waals surface area contributed by atoms with Crippen LogP contribution in [0.25, 0.3) is 0 Å². The molecule has 2 heterocycles. The molecular formula is C14H20N6O. The van der Waals surface area contributed by atoms with E-state index in [2.05, 4.69) is 37.5 Å². The Hall–Kier alpha value is -2.44. The summed E-state index contributed by atoms with van der Waals surface area (Å²) in [6.07, 6.45) is 5.99. The van der Waals surface area contributed by atoms with Gasteiger partial charge in [-0.1, -0.05) is 6.92 Å². The van der Waals surface area contributed by atoms with Crippen LogP contribution in [-0.4, -0.2) is 33.6 Å². The zero-order chi connectivity index (χ0) is 15.1. The predicted octanol–water partition coefficient (Wildman–Crippen LogP) is 2.02. The minimum atomic E-state index is 0.522. The molecule has 2 aromatic heterocycles. The largest absolute Gasteiger partial charge is 0.490 e. The van der Waals surface area contributed by atoms with Gasteiger partial charge < -0.3 is 15.4 Å². The van der Waals surface area contributed by atoms with E-state index in [4.69, 9.17) is 4.74 Å². The first-order valence-corrected chi connectivity index (χ1v) is 6.88. The second kappa shape index (κ2) is 7.37. The van der Waals surface area contributed by atoms with E-state index in [0.717, 1.165) is 24.4 Å². The van der Waals surface area contributed by atoms with Crippen LogP contribution in [0.3, 0.4) is 0 Å². The average Bonchev–Trinajstić information content (AvgIpc) is 2.52. The second-order valence-corrected chi connectivity index (χ2v) is 4.53. The van der Waals surface area contributed by atoms with Gasteiger partial charge in [-0.25, -0.2) is 9.97 Å². The Morgan fingerprint density at radius 2 is 1.81 bits per heavy atom. The van der Waals surface area contributed by atoms with Crippen molar-refractivity contribution in [2.24, 2.45) is 0 Å². The number of aromatic nitrogens is 4. The van der Waals surface area contributed by atoms with Crippen molar-refractivity contribution in [1.82, 2.24) is 19.9 Å². The minimum Gasteiger partial charge on any atom is -0.490 e. The number of nitrogens with zero attached hydrogens (tertiary/aromatic N) is 4. The molecule has 2 rings (SSSR count). The van der Waals surface area contributed by atoms with Crippen molar-refractivity contribution in [3.05, 3.63) is 30.1 Å². The Morgan fingerprint density at radius 1 is 1.05 bits per heavy atom. The summed E-state index contributed by atoms with van der Waals surface area (Å²) < 4.78 is 5.40. The molecule has 0 bridgehead atoms. The molecule has 112 valence electrons. The highest BCUT2D eigenvalue weighted by Crippen LogP contribution is 2.28. The van der Waals surface area contributed by atoms with Gasteiger partial charge in [-0.2, -0.15) is 0 Å². The molecule has 7 heteroatoms. The van der Waals surface area contributed by atoms with E-state index < -0.39 is 0 Å². The number of hydrogen-bond acceptors (Lipinski definition) is 7. The van der Waals surface area contributed by atoms with Crippen molar-refractivity contribution in [3.63, 3.8) is 0 Å². The fraction of sp³-hybridized carbons (Fsp3) is 0.429. The average molecular weight is 288 g/mol. The summed E-state index contributed by atoms with van der Waals surface area (Å²) in [6, 6.07) is 0. The highest BCUT2D eigenvalue weighted by molar-refractivity contribution is 5.63. The maximum atomic E-state index is 5.40. The highest BCUT2D eigenvalue weighted by Gasteiger charge is 2.11. The van der Waals surface area contributed by atoms with Gasteiger partial charge in [-0.3, -0.25) is 9.97 Å². The Labute approximate surface area is 124 Å². The second-order valence-electron chi connectivity index (χ2n) is 4.53. The first-order valence-electron chi connectivity index (χ1n) is 6.88. The molecule has 0 saturated heterocycles. The minimum absolute atomic E-state index is 0.522. The van der Waals surface area contributed by atoms with E-state index in [-0.39, 0.29) is 0 Å². The van der Waals surface area contributed by atoms with Gasteiger partial charge in [0.2, 0.25) is 5.75 Å². The molecule has 0 spiro atoms. The topological polar surface area (TPSA) is 84.9 Å². The Balaban J connectivity index is 2.10. The summed E-state index contributed by atoms with van der Waals surface area (Å²) >= 11 is 0. The number of nitrogens with one attached hydrogen (secondary N) is 2. The molecule has 0 aromatic carbocycles. The number of anilines is 2. The molecule has 0 fully saturated rings. The number of aryl methyl sites for hydroxylation is 1. The highest BCUT2D eigenvalue weighted by atomic mass is 16.5. The van der Waals surface area contributed by atoms with E-state index in [9.17, 15) is 0 Å². The first-order chi connectivity index (χ1) is 10.2. The Bertz CT molecular complexity index is 572. The van der Waals surface area contributed by atoms with Crippen LogP contribution in [0.15, 0.2) is 18.7 Å². The third-order valence-corrected chi connectivity index (χ3v) is 2.82. The summed E-state index contributed by atoms with van der Waals surface area (Å²) in [5.74, 6) is 1.92. The molecule has 0 aliphatic carbocycles. The summed E-state index contributed by atoms with van der Waals surface area (Å²) in [5.41, 5.74) is 1.73. The lowest BCUT2D eigenvalue weighted by Gasteiger charge is -2.13. The van der Waals surface area contributed by atoms with E-state index in [0.29, 0.717) is 23.9 Å². The van der Waals surface area contributed by atoms with Crippen LogP contribution in [0.2, 0.25) is 0 Å². The number of ether oxygens (including phenoxy) is 1. The molecule has 0 aliphatic heterocycles. The van der Waals surface area contributed by atoms with Crippen LogP contribution in [0.1, 0.15) is 24.7 Å². The SMILES string of the molecule is CCCNc1ncnc(NCc2cnc(C)cn2)c1OC. The summed E-state index contributed by atoms with van der Waals surface area (Å²) in [6.45, 7) is 5.35. The molecular weight excluding hydrogens is 268 g/mol. The third-order valence-electron chi connectivity index (χ3n) is 2.82. The Kier molecular flexibility index (Phi) is 5.25. The van der Waals surface area contributed by atoms with Crippen molar-refractivity contribution in [2.75, 3.05) is 24.3 Å². The van der Waals surface area contributed by atoms with Gasteiger partial charge >= 0.3 is 0 Å². The summed E-state index contributed by atoms with van der Waals surface area (Å²) in [5, 5.41) is 6.41. The molecule has 0 atom stereocenters. The molecule has 2 N–H and O–H groups in total. The fourth-order valence-corrected chi connectivity index (χ4v) is 1.75. The van der Waals surface area contributed by atoms with Crippen molar-refractivity contribution < 1.29 is 4.74 Å². The van der Waals surface area contributed by atoms with Gasteiger partial charge in [0, 0.05) is 12.7 Å². The van der Waals surface area contributed by atoms with Crippen molar-refractivity contribution in [3.8, 4) is 5.75 Å².